The van der Waals surface area contributed by atoms with Crippen LogP contribution in [0.3, 0.4) is 0 Å². The zero-order valence-electron chi connectivity index (χ0n) is 19.1. The van der Waals surface area contributed by atoms with Gasteiger partial charge in [0.25, 0.3) is 0 Å². The predicted octanol–water partition coefficient (Wildman–Crippen LogP) is 3.60. The predicted molar refractivity (Wildman–Crippen MR) is 142 cm³/mol. The number of hydrogen-bond donors (Lipinski definition) is 2. The molecular weight excluding hydrogens is 527 g/mol. The lowest BCUT2D eigenvalue weighted by Crippen LogP contribution is -2.37. The van der Waals surface area contributed by atoms with Gasteiger partial charge in [-0.1, -0.05) is 18.2 Å². The summed E-state index contributed by atoms with van der Waals surface area (Å²) in [5.41, 5.74) is 5.45. The standard InChI is InChI=1S/C24H28N8.HI/c1-18-15-19(2)32(30-18)23-10-7-21(16-27-23)17-28-24(25-3)26-13-11-20-5-8-22(9-6-20)31-14-4-12-29-31;/h4-10,12,14-16H,11,13,17H2,1-3H3,(H2,25,26,28);1H. The number of aliphatic imine (C=N–C) groups is 1. The quantitative estimate of drug-likeness (QED) is 0.207. The van der Waals surface area contributed by atoms with Crippen LogP contribution in [0.5, 0.6) is 0 Å². The number of benzene rings is 1. The van der Waals surface area contributed by atoms with Gasteiger partial charge in [0.05, 0.1) is 11.4 Å². The number of nitrogens with one attached hydrogen (secondary N) is 2. The molecule has 0 amide bonds. The highest BCUT2D eigenvalue weighted by atomic mass is 127. The second-order valence-electron chi connectivity index (χ2n) is 7.58. The van der Waals surface area contributed by atoms with E-state index in [1.165, 1.54) is 5.56 Å². The highest BCUT2D eigenvalue weighted by Gasteiger charge is 2.05. The first-order chi connectivity index (χ1) is 15.6. The molecule has 0 atom stereocenters. The van der Waals surface area contributed by atoms with E-state index in [1.54, 1.807) is 13.2 Å². The maximum atomic E-state index is 4.55. The summed E-state index contributed by atoms with van der Waals surface area (Å²) >= 11 is 0. The molecule has 0 radical (unpaired) electrons. The Labute approximate surface area is 211 Å². The minimum atomic E-state index is 0. The maximum Gasteiger partial charge on any atom is 0.191 e. The number of aromatic nitrogens is 5. The van der Waals surface area contributed by atoms with Crippen molar-refractivity contribution in [3.05, 3.63) is 89.6 Å². The van der Waals surface area contributed by atoms with Gasteiger partial charge < -0.3 is 10.6 Å². The monoisotopic (exact) mass is 556 g/mol. The molecule has 0 aliphatic heterocycles. The van der Waals surface area contributed by atoms with Gasteiger partial charge in [-0.3, -0.25) is 4.99 Å². The molecule has 0 bridgehead atoms. The molecule has 0 fully saturated rings. The van der Waals surface area contributed by atoms with E-state index >= 15 is 0 Å². The zero-order valence-corrected chi connectivity index (χ0v) is 21.4. The smallest absolute Gasteiger partial charge is 0.191 e. The van der Waals surface area contributed by atoms with Gasteiger partial charge in [-0.2, -0.15) is 10.2 Å². The number of aryl methyl sites for hydroxylation is 2. The fourth-order valence-corrected chi connectivity index (χ4v) is 3.48. The Kier molecular flexibility index (Phi) is 8.58. The number of pyridine rings is 1. The van der Waals surface area contributed by atoms with Crippen molar-refractivity contribution >= 4 is 29.9 Å². The first-order valence-electron chi connectivity index (χ1n) is 10.6. The molecule has 0 aliphatic carbocycles. The van der Waals surface area contributed by atoms with Gasteiger partial charge in [-0.25, -0.2) is 14.3 Å². The van der Waals surface area contributed by atoms with E-state index in [2.05, 4.69) is 61.1 Å². The maximum absolute atomic E-state index is 4.55. The normalized spacial score (nSPS) is 11.2. The van der Waals surface area contributed by atoms with E-state index in [1.807, 2.05) is 53.8 Å². The molecule has 3 heterocycles. The van der Waals surface area contributed by atoms with E-state index in [0.717, 1.165) is 47.4 Å². The molecule has 0 saturated heterocycles. The molecule has 4 rings (SSSR count). The summed E-state index contributed by atoms with van der Waals surface area (Å²) in [7, 11) is 1.78. The van der Waals surface area contributed by atoms with Crippen LogP contribution in [-0.2, 0) is 13.0 Å². The number of halogens is 1. The SMILES string of the molecule is CN=C(NCCc1ccc(-n2cccn2)cc1)NCc1ccc(-n2nc(C)cc2C)nc1.I. The van der Waals surface area contributed by atoms with Gasteiger partial charge in [0, 0.05) is 44.4 Å². The lowest BCUT2D eigenvalue weighted by atomic mass is 10.1. The van der Waals surface area contributed by atoms with Crippen molar-refractivity contribution in [2.45, 2.75) is 26.8 Å². The molecule has 0 unspecified atom stereocenters. The van der Waals surface area contributed by atoms with Gasteiger partial charge in [0.2, 0.25) is 0 Å². The Hall–Kier alpha value is -3.21. The molecule has 0 aliphatic rings. The van der Waals surface area contributed by atoms with Crippen LogP contribution in [0.2, 0.25) is 0 Å². The number of rotatable bonds is 7. The van der Waals surface area contributed by atoms with E-state index in [-0.39, 0.29) is 24.0 Å². The van der Waals surface area contributed by atoms with Crippen LogP contribution in [0.15, 0.2) is 72.1 Å². The highest BCUT2D eigenvalue weighted by molar-refractivity contribution is 14.0. The van der Waals surface area contributed by atoms with Crippen molar-refractivity contribution in [2.24, 2.45) is 4.99 Å². The van der Waals surface area contributed by atoms with Crippen molar-refractivity contribution in [1.82, 2.24) is 35.2 Å². The molecule has 3 aromatic heterocycles. The van der Waals surface area contributed by atoms with Crippen molar-refractivity contribution in [3.8, 4) is 11.5 Å². The molecule has 9 heteroatoms. The summed E-state index contributed by atoms with van der Waals surface area (Å²) in [6, 6.07) is 16.4. The van der Waals surface area contributed by atoms with Crippen LogP contribution >= 0.6 is 24.0 Å². The lowest BCUT2D eigenvalue weighted by molar-refractivity contribution is 0.783. The summed E-state index contributed by atoms with van der Waals surface area (Å²) in [5.74, 6) is 1.58. The van der Waals surface area contributed by atoms with Gasteiger partial charge >= 0.3 is 0 Å². The van der Waals surface area contributed by atoms with Gasteiger partial charge in [0.15, 0.2) is 11.8 Å². The van der Waals surface area contributed by atoms with Crippen LogP contribution in [0.1, 0.15) is 22.5 Å². The first-order valence-corrected chi connectivity index (χ1v) is 10.6. The molecule has 172 valence electrons. The average molecular weight is 556 g/mol. The van der Waals surface area contributed by atoms with Gasteiger partial charge in [0.1, 0.15) is 0 Å². The van der Waals surface area contributed by atoms with Crippen LogP contribution in [0.4, 0.5) is 0 Å². The lowest BCUT2D eigenvalue weighted by Gasteiger charge is -2.12. The third-order valence-electron chi connectivity index (χ3n) is 5.13. The third kappa shape index (κ3) is 6.41. The third-order valence-corrected chi connectivity index (χ3v) is 5.13. The fraction of sp³-hybridized carbons (Fsp3) is 0.250. The molecule has 0 spiro atoms. The molecule has 2 N–H and O–H groups in total. The van der Waals surface area contributed by atoms with Crippen LogP contribution in [-0.4, -0.2) is 44.1 Å². The van der Waals surface area contributed by atoms with Crippen LogP contribution in [0, 0.1) is 13.8 Å². The van der Waals surface area contributed by atoms with E-state index in [4.69, 9.17) is 0 Å². The summed E-state index contributed by atoms with van der Waals surface area (Å²) in [4.78, 5) is 8.86. The minimum Gasteiger partial charge on any atom is -0.356 e. The number of guanidine groups is 1. The Morgan fingerprint density at radius 3 is 2.42 bits per heavy atom. The second-order valence-corrected chi connectivity index (χ2v) is 7.58. The summed E-state index contributed by atoms with van der Waals surface area (Å²) in [6.07, 6.45) is 6.49. The van der Waals surface area contributed by atoms with Crippen molar-refractivity contribution in [3.63, 3.8) is 0 Å². The summed E-state index contributed by atoms with van der Waals surface area (Å²) in [6.45, 7) is 5.44. The van der Waals surface area contributed by atoms with Gasteiger partial charge in [-0.15, -0.1) is 24.0 Å². The van der Waals surface area contributed by atoms with E-state index in [9.17, 15) is 0 Å². The Morgan fingerprint density at radius 1 is 1.03 bits per heavy atom. The molecule has 0 saturated carbocycles. The zero-order chi connectivity index (χ0) is 22.3. The average Bonchev–Trinajstić information content (AvgIpc) is 3.46. The van der Waals surface area contributed by atoms with Crippen molar-refractivity contribution in [1.29, 1.82) is 0 Å². The largest absolute Gasteiger partial charge is 0.356 e. The van der Waals surface area contributed by atoms with Crippen LogP contribution in [0.25, 0.3) is 11.5 Å². The summed E-state index contributed by atoms with van der Waals surface area (Å²) in [5, 5.41) is 15.4. The molecule has 33 heavy (non-hydrogen) atoms. The van der Waals surface area contributed by atoms with Crippen molar-refractivity contribution < 1.29 is 0 Å². The fourth-order valence-electron chi connectivity index (χ4n) is 3.48. The molecule has 4 aromatic rings. The Bertz CT molecular complexity index is 1160. The number of hydrogen-bond acceptors (Lipinski definition) is 4. The van der Waals surface area contributed by atoms with Gasteiger partial charge in [-0.05, 0) is 61.7 Å². The highest BCUT2D eigenvalue weighted by Crippen LogP contribution is 2.11. The van der Waals surface area contributed by atoms with E-state index < -0.39 is 0 Å². The molecule has 8 nitrogen and oxygen atoms in total. The van der Waals surface area contributed by atoms with Crippen LogP contribution < -0.4 is 10.6 Å². The van der Waals surface area contributed by atoms with E-state index in [0.29, 0.717) is 6.54 Å². The van der Waals surface area contributed by atoms with Crippen molar-refractivity contribution in [2.75, 3.05) is 13.6 Å². The number of nitrogens with zero attached hydrogens (tertiary/aromatic N) is 6. The topological polar surface area (TPSA) is 85.0 Å². The molecule has 1 aromatic carbocycles. The molecular formula is C24H29IN8. The second kappa shape index (κ2) is 11.6. The minimum absolute atomic E-state index is 0. The summed E-state index contributed by atoms with van der Waals surface area (Å²) < 4.78 is 3.71. The first kappa shape index (κ1) is 24.4. The Balaban J connectivity index is 0.00000306. The Morgan fingerprint density at radius 2 is 1.82 bits per heavy atom.